The molecule has 1 amide bonds. The highest BCUT2D eigenvalue weighted by Gasteiger charge is 2.14. The first-order valence-electron chi connectivity index (χ1n) is 6.84. The van der Waals surface area contributed by atoms with E-state index in [1.807, 2.05) is 37.9 Å². The molecule has 20 heavy (non-hydrogen) atoms. The Balaban J connectivity index is 2.67. The van der Waals surface area contributed by atoms with Gasteiger partial charge in [-0.1, -0.05) is 12.1 Å². The van der Waals surface area contributed by atoms with Crippen molar-refractivity contribution < 1.29 is 14.6 Å². The topological polar surface area (TPSA) is 53.0 Å². The fourth-order valence-electron chi connectivity index (χ4n) is 2.11. The van der Waals surface area contributed by atoms with E-state index in [0.29, 0.717) is 31.9 Å². The van der Waals surface area contributed by atoms with Crippen molar-refractivity contribution in [3.8, 4) is 11.5 Å². The normalized spacial score (nSPS) is 10.7. The molecule has 0 unspecified atom stereocenters. The molecule has 1 aromatic carbocycles. The van der Waals surface area contributed by atoms with E-state index in [4.69, 9.17) is 4.74 Å². The summed E-state index contributed by atoms with van der Waals surface area (Å²) in [7, 11) is 3.38. The molecule has 0 heterocycles. The van der Waals surface area contributed by atoms with Crippen LogP contribution < -0.4 is 4.74 Å². The number of likely N-dealkylation sites (N-methyl/N-ethyl adjacent to an activating group) is 2. The lowest BCUT2D eigenvalue weighted by molar-refractivity contribution is -0.131. The van der Waals surface area contributed by atoms with Gasteiger partial charge in [0.25, 0.3) is 0 Å². The molecule has 0 radical (unpaired) electrons. The van der Waals surface area contributed by atoms with Crippen LogP contribution in [0.3, 0.4) is 0 Å². The quantitative estimate of drug-likeness (QED) is 0.826. The minimum Gasteiger partial charge on any atom is -0.504 e. The number of amides is 1. The molecule has 0 aromatic heterocycles. The van der Waals surface area contributed by atoms with Crippen molar-refractivity contribution in [1.29, 1.82) is 0 Å². The number of nitrogens with zero attached hydrogens (tertiary/aromatic N) is 2. The second kappa shape index (κ2) is 7.75. The SMILES string of the molecule is CCN(CC)C(=O)CN(C)Cc1cccc(OC)c1O. The molecule has 0 bridgehead atoms. The summed E-state index contributed by atoms with van der Waals surface area (Å²) in [5.41, 5.74) is 0.749. The van der Waals surface area contributed by atoms with Crippen LogP contribution in [0.1, 0.15) is 19.4 Å². The molecular formula is C15H24N2O3. The third-order valence-electron chi connectivity index (χ3n) is 3.26. The third-order valence-corrected chi connectivity index (χ3v) is 3.26. The zero-order valence-corrected chi connectivity index (χ0v) is 12.7. The summed E-state index contributed by atoms with van der Waals surface area (Å²) >= 11 is 0. The lowest BCUT2D eigenvalue weighted by Gasteiger charge is -2.23. The minimum absolute atomic E-state index is 0.0971. The summed E-state index contributed by atoms with van der Waals surface area (Å²) in [6, 6.07) is 5.37. The van der Waals surface area contributed by atoms with Crippen molar-refractivity contribution in [1.82, 2.24) is 9.80 Å². The molecule has 0 spiro atoms. The Morgan fingerprint density at radius 3 is 2.50 bits per heavy atom. The summed E-state index contributed by atoms with van der Waals surface area (Å²) < 4.78 is 5.08. The number of carbonyl (C=O) groups excluding carboxylic acids is 1. The molecule has 1 rings (SSSR count). The summed E-state index contributed by atoms with van der Waals surface area (Å²) in [4.78, 5) is 15.7. The van der Waals surface area contributed by atoms with Gasteiger partial charge in [0.15, 0.2) is 11.5 Å². The number of hydrogen-bond acceptors (Lipinski definition) is 4. The Kier molecular flexibility index (Phi) is 6.31. The first-order valence-corrected chi connectivity index (χ1v) is 6.84. The number of carbonyl (C=O) groups is 1. The van der Waals surface area contributed by atoms with Crippen LogP contribution in [0.15, 0.2) is 18.2 Å². The van der Waals surface area contributed by atoms with Crippen molar-refractivity contribution in [3.63, 3.8) is 0 Å². The zero-order valence-electron chi connectivity index (χ0n) is 12.7. The average Bonchev–Trinajstić information content (AvgIpc) is 2.42. The second-order valence-electron chi connectivity index (χ2n) is 4.71. The highest BCUT2D eigenvalue weighted by molar-refractivity contribution is 5.78. The van der Waals surface area contributed by atoms with Crippen molar-refractivity contribution in [2.45, 2.75) is 20.4 Å². The van der Waals surface area contributed by atoms with E-state index in [2.05, 4.69) is 0 Å². The van der Waals surface area contributed by atoms with Gasteiger partial charge in [-0.05, 0) is 27.0 Å². The van der Waals surface area contributed by atoms with E-state index in [9.17, 15) is 9.90 Å². The summed E-state index contributed by atoms with van der Waals surface area (Å²) in [5.74, 6) is 0.683. The molecule has 0 atom stereocenters. The molecule has 1 N–H and O–H groups in total. The number of hydrogen-bond donors (Lipinski definition) is 1. The smallest absolute Gasteiger partial charge is 0.236 e. The number of phenols is 1. The monoisotopic (exact) mass is 280 g/mol. The molecule has 5 heteroatoms. The third kappa shape index (κ3) is 4.13. The molecular weight excluding hydrogens is 256 g/mol. The maximum Gasteiger partial charge on any atom is 0.236 e. The highest BCUT2D eigenvalue weighted by atomic mass is 16.5. The van der Waals surface area contributed by atoms with E-state index in [0.717, 1.165) is 5.56 Å². The molecule has 112 valence electrons. The number of rotatable bonds is 7. The molecule has 0 aliphatic heterocycles. The predicted molar refractivity (Wildman–Crippen MR) is 78.9 cm³/mol. The van der Waals surface area contributed by atoms with Crippen LogP contribution in [0.2, 0.25) is 0 Å². The Morgan fingerprint density at radius 1 is 1.30 bits per heavy atom. The average molecular weight is 280 g/mol. The number of para-hydroxylation sites is 1. The number of methoxy groups -OCH3 is 1. The van der Waals surface area contributed by atoms with Crippen LogP contribution in [0.5, 0.6) is 11.5 Å². The fourth-order valence-corrected chi connectivity index (χ4v) is 2.11. The number of aromatic hydroxyl groups is 1. The Hall–Kier alpha value is -1.75. The second-order valence-corrected chi connectivity index (χ2v) is 4.71. The lowest BCUT2D eigenvalue weighted by atomic mass is 10.1. The van der Waals surface area contributed by atoms with Crippen LogP contribution in [-0.2, 0) is 11.3 Å². The molecule has 1 aromatic rings. The van der Waals surface area contributed by atoms with Crippen LogP contribution in [0, 0.1) is 0 Å². The molecule has 5 nitrogen and oxygen atoms in total. The van der Waals surface area contributed by atoms with E-state index < -0.39 is 0 Å². The Bertz CT molecular complexity index is 445. The molecule has 0 saturated carbocycles. The first-order chi connectivity index (χ1) is 9.53. The molecule has 0 fully saturated rings. The van der Waals surface area contributed by atoms with Crippen LogP contribution in [0.25, 0.3) is 0 Å². The highest BCUT2D eigenvalue weighted by Crippen LogP contribution is 2.29. The van der Waals surface area contributed by atoms with Gasteiger partial charge in [0.2, 0.25) is 5.91 Å². The van der Waals surface area contributed by atoms with Gasteiger partial charge in [0.1, 0.15) is 0 Å². The van der Waals surface area contributed by atoms with Crippen molar-refractivity contribution >= 4 is 5.91 Å². The molecule has 0 aliphatic carbocycles. The van der Waals surface area contributed by atoms with Crippen LogP contribution >= 0.6 is 0 Å². The maximum absolute atomic E-state index is 12.0. The van der Waals surface area contributed by atoms with E-state index in [-0.39, 0.29) is 11.7 Å². The fraction of sp³-hybridized carbons (Fsp3) is 0.533. The minimum atomic E-state index is 0.0971. The largest absolute Gasteiger partial charge is 0.504 e. The van der Waals surface area contributed by atoms with Crippen molar-refractivity contribution in [2.75, 3.05) is 33.8 Å². The number of ether oxygens (including phenoxy) is 1. The first kappa shape index (κ1) is 16.3. The van der Waals surface area contributed by atoms with Gasteiger partial charge in [0.05, 0.1) is 13.7 Å². The van der Waals surface area contributed by atoms with E-state index in [1.165, 1.54) is 7.11 Å². The number of phenolic OH excluding ortho intramolecular Hbond substituents is 1. The predicted octanol–water partition coefficient (Wildman–Crippen LogP) is 1.70. The van der Waals surface area contributed by atoms with Crippen LogP contribution in [-0.4, -0.2) is 54.6 Å². The van der Waals surface area contributed by atoms with Crippen molar-refractivity contribution in [2.24, 2.45) is 0 Å². The molecule has 0 aliphatic rings. The van der Waals surface area contributed by atoms with Gasteiger partial charge in [-0.15, -0.1) is 0 Å². The van der Waals surface area contributed by atoms with Gasteiger partial charge in [-0.2, -0.15) is 0 Å². The van der Waals surface area contributed by atoms with Gasteiger partial charge in [-0.25, -0.2) is 0 Å². The lowest BCUT2D eigenvalue weighted by Crippen LogP contribution is -2.38. The zero-order chi connectivity index (χ0) is 15.1. The summed E-state index contributed by atoms with van der Waals surface area (Å²) in [5, 5.41) is 10.0. The number of benzene rings is 1. The van der Waals surface area contributed by atoms with Gasteiger partial charge in [0, 0.05) is 25.2 Å². The van der Waals surface area contributed by atoms with Gasteiger partial charge < -0.3 is 14.7 Å². The Morgan fingerprint density at radius 2 is 1.95 bits per heavy atom. The summed E-state index contributed by atoms with van der Waals surface area (Å²) in [6.45, 7) is 6.19. The van der Waals surface area contributed by atoms with Gasteiger partial charge in [-0.3, -0.25) is 9.69 Å². The van der Waals surface area contributed by atoms with Crippen molar-refractivity contribution in [3.05, 3.63) is 23.8 Å². The Labute approximate surface area is 120 Å². The van der Waals surface area contributed by atoms with Gasteiger partial charge >= 0.3 is 0 Å². The van der Waals surface area contributed by atoms with Crippen LogP contribution in [0.4, 0.5) is 0 Å². The van der Waals surface area contributed by atoms with E-state index >= 15 is 0 Å². The molecule has 0 saturated heterocycles. The summed E-state index contributed by atoms with van der Waals surface area (Å²) in [6.07, 6.45) is 0. The standard InChI is InChI=1S/C15H24N2O3/c1-5-17(6-2)14(18)11-16(3)10-12-8-7-9-13(20-4)15(12)19/h7-9,19H,5-6,10-11H2,1-4H3. The maximum atomic E-state index is 12.0. The van der Waals surface area contributed by atoms with E-state index in [1.54, 1.807) is 11.0 Å².